The largest absolute Gasteiger partial charge is 0.492 e. The average molecular weight is 561 g/mol. The Kier molecular flexibility index (Phi) is 12.0. The summed E-state index contributed by atoms with van der Waals surface area (Å²) in [4.78, 5) is 50.6. The summed E-state index contributed by atoms with van der Waals surface area (Å²) in [6.07, 6.45) is 3.61. The van der Waals surface area contributed by atoms with E-state index in [0.29, 0.717) is 12.0 Å². The van der Waals surface area contributed by atoms with E-state index in [9.17, 15) is 24.3 Å². The molecule has 1 aliphatic carbocycles. The van der Waals surface area contributed by atoms with E-state index in [-0.39, 0.29) is 34.9 Å². The highest BCUT2D eigenvalue weighted by atomic mass is 16.6. The first-order valence-electron chi connectivity index (χ1n) is 13.0. The summed E-state index contributed by atoms with van der Waals surface area (Å²) >= 11 is 0. The number of nitrogens with one attached hydrogen (secondary N) is 1. The third-order valence-corrected chi connectivity index (χ3v) is 6.95. The van der Waals surface area contributed by atoms with Gasteiger partial charge in [0.05, 0.1) is 25.0 Å². The minimum absolute atomic E-state index is 0.0801. The Labute approximate surface area is 234 Å². The van der Waals surface area contributed by atoms with Crippen molar-refractivity contribution in [1.29, 1.82) is 0 Å². The van der Waals surface area contributed by atoms with Crippen LogP contribution in [0.25, 0.3) is 0 Å². The Hall–Kier alpha value is -3.54. The van der Waals surface area contributed by atoms with Crippen molar-refractivity contribution >= 4 is 23.6 Å². The van der Waals surface area contributed by atoms with Gasteiger partial charge in [-0.15, -0.1) is 0 Å². The predicted octanol–water partition coefficient (Wildman–Crippen LogP) is 2.41. The molecule has 0 spiro atoms. The fourth-order valence-electron chi connectivity index (χ4n) is 4.78. The van der Waals surface area contributed by atoms with Gasteiger partial charge >= 0.3 is 6.09 Å². The number of fused-ring (bicyclic) bond motifs is 2. The van der Waals surface area contributed by atoms with Gasteiger partial charge in [0, 0.05) is 37.4 Å². The molecule has 0 saturated heterocycles. The summed E-state index contributed by atoms with van der Waals surface area (Å²) in [7, 11) is 4.21. The van der Waals surface area contributed by atoms with E-state index >= 15 is 0 Å². The zero-order valence-electron chi connectivity index (χ0n) is 24.1. The van der Waals surface area contributed by atoms with Crippen LogP contribution in [-0.4, -0.2) is 74.4 Å². The number of aliphatic hydroxyl groups is 1. The lowest BCUT2D eigenvalue weighted by molar-refractivity contribution is -0.120. The molecule has 1 aliphatic heterocycles. The monoisotopic (exact) mass is 560 g/mol. The summed E-state index contributed by atoms with van der Waals surface area (Å²) in [5.41, 5.74) is 6.12. The van der Waals surface area contributed by atoms with Gasteiger partial charge in [0.15, 0.2) is 11.9 Å². The summed E-state index contributed by atoms with van der Waals surface area (Å²) in [6.45, 7) is 6.92. The third kappa shape index (κ3) is 8.23. The fourth-order valence-corrected chi connectivity index (χ4v) is 4.78. The number of primary amides is 1. The SMILES string of the molecule is COC1=C2C[C@@H](C)C[C@H](OC)[C@H](O)[C@@H](C)C=C(C)[C@H](OC(N)=O)[C@@H](OC)C=C/C=C(\C)C(=O)NC(=CC1=O)C2=O. The first-order valence-corrected chi connectivity index (χ1v) is 13.0. The van der Waals surface area contributed by atoms with Crippen LogP contribution in [0.15, 0.2) is 58.6 Å². The molecular formula is C29H40N2O9. The van der Waals surface area contributed by atoms with Crippen LogP contribution in [0, 0.1) is 11.8 Å². The molecule has 0 aromatic heterocycles. The number of aliphatic hydroxyl groups excluding tert-OH is 1. The van der Waals surface area contributed by atoms with E-state index in [0.717, 1.165) is 6.08 Å². The van der Waals surface area contributed by atoms with Crippen LogP contribution in [0.2, 0.25) is 0 Å². The number of methoxy groups -OCH3 is 3. The van der Waals surface area contributed by atoms with Crippen LogP contribution >= 0.6 is 0 Å². The molecule has 0 fully saturated rings. The fraction of sp³-hybridized carbons (Fsp3) is 0.517. The second-order valence-electron chi connectivity index (χ2n) is 10.1. The molecule has 11 nitrogen and oxygen atoms in total. The second kappa shape index (κ2) is 14.7. The molecule has 40 heavy (non-hydrogen) atoms. The van der Waals surface area contributed by atoms with Crippen LogP contribution in [-0.2, 0) is 33.3 Å². The normalized spacial score (nSPS) is 30.6. The molecule has 4 N–H and O–H groups in total. The molecule has 220 valence electrons. The number of hydrogen-bond donors (Lipinski definition) is 3. The Balaban J connectivity index is 2.60. The topological polar surface area (TPSA) is 163 Å². The van der Waals surface area contributed by atoms with Gasteiger partial charge in [0.25, 0.3) is 5.91 Å². The number of Topliss-reactive ketones (excluding diaryl/α,β-unsaturated/α-hetero) is 1. The first kappa shape index (κ1) is 32.7. The van der Waals surface area contributed by atoms with Crippen molar-refractivity contribution in [2.45, 2.75) is 65.0 Å². The number of allylic oxidation sites excluding steroid dienone is 4. The average Bonchev–Trinajstić information content (AvgIpc) is 2.90. The molecule has 2 rings (SSSR count). The highest BCUT2D eigenvalue weighted by Gasteiger charge is 2.34. The van der Waals surface area contributed by atoms with Gasteiger partial charge in [0.2, 0.25) is 11.6 Å². The zero-order valence-corrected chi connectivity index (χ0v) is 24.1. The van der Waals surface area contributed by atoms with Crippen molar-refractivity contribution in [2.24, 2.45) is 17.6 Å². The highest BCUT2D eigenvalue weighted by molar-refractivity contribution is 6.23. The van der Waals surface area contributed by atoms with E-state index < -0.39 is 53.9 Å². The third-order valence-electron chi connectivity index (χ3n) is 6.95. The Morgan fingerprint density at radius 3 is 2.35 bits per heavy atom. The van der Waals surface area contributed by atoms with Gasteiger partial charge in [-0.25, -0.2) is 4.79 Å². The maximum absolute atomic E-state index is 13.3. The van der Waals surface area contributed by atoms with E-state index in [1.165, 1.54) is 34.3 Å². The van der Waals surface area contributed by atoms with E-state index in [2.05, 4.69) is 5.32 Å². The number of carbonyl (C=O) groups excluding carboxylic acids is 4. The van der Waals surface area contributed by atoms with Gasteiger partial charge in [-0.05, 0) is 38.2 Å². The van der Waals surface area contributed by atoms with Gasteiger partial charge in [-0.1, -0.05) is 38.2 Å². The number of carbonyl (C=O) groups is 4. The number of amides is 2. The lowest BCUT2D eigenvalue weighted by Gasteiger charge is -2.29. The maximum atomic E-state index is 13.3. The molecule has 1 heterocycles. The summed E-state index contributed by atoms with van der Waals surface area (Å²) < 4.78 is 21.7. The molecule has 11 heteroatoms. The summed E-state index contributed by atoms with van der Waals surface area (Å²) in [5, 5.41) is 13.7. The Morgan fingerprint density at radius 2 is 1.77 bits per heavy atom. The Morgan fingerprint density at radius 1 is 1.10 bits per heavy atom. The van der Waals surface area contributed by atoms with Crippen molar-refractivity contribution in [3.63, 3.8) is 0 Å². The van der Waals surface area contributed by atoms with Gasteiger partial charge < -0.3 is 35.1 Å². The van der Waals surface area contributed by atoms with Crippen LogP contribution in [0.1, 0.15) is 40.5 Å². The summed E-state index contributed by atoms with van der Waals surface area (Å²) in [5.74, 6) is -2.39. The molecule has 0 aromatic rings. The van der Waals surface area contributed by atoms with E-state index in [4.69, 9.17) is 24.7 Å². The lowest BCUT2D eigenvalue weighted by Crippen LogP contribution is -2.37. The molecule has 0 aromatic carbocycles. The van der Waals surface area contributed by atoms with Gasteiger partial charge in [-0.2, -0.15) is 0 Å². The van der Waals surface area contributed by atoms with Crippen molar-refractivity contribution < 1.29 is 43.2 Å². The van der Waals surface area contributed by atoms with Crippen molar-refractivity contribution in [2.75, 3.05) is 21.3 Å². The minimum Gasteiger partial charge on any atom is -0.492 e. The number of ketones is 2. The number of hydrogen-bond acceptors (Lipinski definition) is 9. The number of rotatable bonds is 4. The molecular weight excluding hydrogens is 520 g/mol. The van der Waals surface area contributed by atoms with E-state index in [1.807, 2.05) is 6.92 Å². The van der Waals surface area contributed by atoms with Crippen LogP contribution in [0.4, 0.5) is 4.79 Å². The predicted molar refractivity (Wildman–Crippen MR) is 147 cm³/mol. The molecule has 0 unspecified atom stereocenters. The smallest absolute Gasteiger partial charge is 0.405 e. The summed E-state index contributed by atoms with van der Waals surface area (Å²) in [6, 6.07) is 0. The maximum Gasteiger partial charge on any atom is 0.405 e. The molecule has 6 atom stereocenters. The van der Waals surface area contributed by atoms with Crippen molar-refractivity contribution in [3.05, 3.63) is 58.6 Å². The minimum atomic E-state index is -1.00. The molecule has 2 bridgehead atoms. The van der Waals surface area contributed by atoms with Crippen LogP contribution < -0.4 is 11.1 Å². The lowest BCUT2D eigenvalue weighted by atomic mass is 9.85. The number of nitrogens with two attached hydrogens (primary N) is 1. The van der Waals surface area contributed by atoms with Crippen molar-refractivity contribution in [1.82, 2.24) is 5.32 Å². The molecule has 2 amide bonds. The molecule has 0 radical (unpaired) electrons. The quantitative estimate of drug-likeness (QED) is 0.346. The van der Waals surface area contributed by atoms with Crippen molar-refractivity contribution in [3.8, 4) is 0 Å². The van der Waals surface area contributed by atoms with Gasteiger partial charge in [-0.3, -0.25) is 14.4 Å². The van der Waals surface area contributed by atoms with Crippen LogP contribution in [0.5, 0.6) is 0 Å². The standard InChI is InChI=1S/C29H40N2O9/c1-15-11-19-25(34)20(14-21(32)27(19)39-7)31-28(35)16(2)9-8-10-22(37-5)26(40-29(30)36)18(4)13-17(3)24(33)23(12-15)38-6/h8-10,13-15,17,22-24,26,33H,11-12H2,1-7H3,(H2,30,36)(H,31,35)/b10-8?,16-9+,18-13?/t15-,17+,22+,23+,24-,26+/m1/s1. The van der Waals surface area contributed by atoms with Crippen LogP contribution in [0.3, 0.4) is 0 Å². The molecule has 0 saturated carbocycles. The Bertz CT molecular complexity index is 1150. The van der Waals surface area contributed by atoms with E-state index in [1.54, 1.807) is 32.1 Å². The molecule has 2 aliphatic rings. The highest BCUT2D eigenvalue weighted by Crippen LogP contribution is 2.29. The zero-order chi connectivity index (χ0) is 30.1. The van der Waals surface area contributed by atoms with Gasteiger partial charge in [0.1, 0.15) is 6.10 Å². The second-order valence-corrected chi connectivity index (χ2v) is 10.1. The number of ether oxygens (including phenoxy) is 4. The first-order chi connectivity index (χ1) is 18.8.